The molecule has 206 valence electrons. The van der Waals surface area contributed by atoms with Crippen molar-refractivity contribution >= 4 is 11.8 Å². The standard InChI is InChI=1S/C30H31F3N2O4/c1-38-26-14-12-22(16-27(26)39-2)17-28(36)34-19-25(13-11-21-7-4-3-5-8-21)35(29(37)20-34)18-23-9-6-10-24(15-23)30(31,32)33/h3-10,12,14-16,25H,11,13,17-20H2,1-2H3/t25-/m0/s1. The van der Waals surface area contributed by atoms with Gasteiger partial charge in [0.2, 0.25) is 11.8 Å². The van der Waals surface area contributed by atoms with E-state index in [1.54, 1.807) is 29.2 Å². The first kappa shape index (κ1) is 28.0. The number of methoxy groups -OCH3 is 2. The predicted molar refractivity (Wildman–Crippen MR) is 140 cm³/mol. The summed E-state index contributed by atoms with van der Waals surface area (Å²) in [6.07, 6.45) is -3.17. The van der Waals surface area contributed by atoms with E-state index in [0.29, 0.717) is 36.4 Å². The summed E-state index contributed by atoms with van der Waals surface area (Å²) in [6, 6.07) is 19.7. The molecule has 0 aliphatic carbocycles. The van der Waals surface area contributed by atoms with Gasteiger partial charge in [0, 0.05) is 13.1 Å². The minimum absolute atomic E-state index is 0.0416. The molecule has 0 aromatic heterocycles. The van der Waals surface area contributed by atoms with Crippen LogP contribution in [0.2, 0.25) is 0 Å². The van der Waals surface area contributed by atoms with Crippen LogP contribution in [-0.4, -0.2) is 55.0 Å². The lowest BCUT2D eigenvalue weighted by Crippen LogP contribution is -2.57. The SMILES string of the molecule is COc1ccc(CC(=O)N2CC(=O)N(Cc3cccc(C(F)(F)F)c3)[C@@H](CCc3ccccc3)C2)cc1OC. The molecule has 0 unspecified atom stereocenters. The van der Waals surface area contributed by atoms with Gasteiger partial charge >= 0.3 is 6.18 Å². The maximum atomic E-state index is 13.3. The van der Waals surface area contributed by atoms with Crippen molar-refractivity contribution in [3.05, 3.63) is 95.1 Å². The number of amides is 2. The van der Waals surface area contributed by atoms with E-state index in [1.807, 2.05) is 30.3 Å². The fourth-order valence-electron chi connectivity index (χ4n) is 4.83. The number of alkyl halides is 3. The topological polar surface area (TPSA) is 59.1 Å². The Morgan fingerprint density at radius 1 is 0.897 bits per heavy atom. The van der Waals surface area contributed by atoms with E-state index in [9.17, 15) is 22.8 Å². The van der Waals surface area contributed by atoms with Gasteiger partial charge in [-0.1, -0.05) is 48.5 Å². The number of rotatable bonds is 9. The fraction of sp³-hybridized carbons (Fsp3) is 0.333. The summed E-state index contributed by atoms with van der Waals surface area (Å²) in [5, 5.41) is 0. The monoisotopic (exact) mass is 540 g/mol. The van der Waals surface area contributed by atoms with Crippen molar-refractivity contribution in [2.24, 2.45) is 0 Å². The van der Waals surface area contributed by atoms with Crippen molar-refractivity contribution in [2.75, 3.05) is 27.3 Å². The summed E-state index contributed by atoms with van der Waals surface area (Å²) < 4.78 is 50.4. The van der Waals surface area contributed by atoms with Crippen LogP contribution in [0.5, 0.6) is 11.5 Å². The molecule has 1 heterocycles. The molecular formula is C30H31F3N2O4. The highest BCUT2D eigenvalue weighted by atomic mass is 19.4. The maximum Gasteiger partial charge on any atom is 0.416 e. The van der Waals surface area contributed by atoms with Crippen LogP contribution in [0.4, 0.5) is 13.2 Å². The number of aryl methyl sites for hydroxylation is 1. The molecular weight excluding hydrogens is 509 g/mol. The van der Waals surface area contributed by atoms with E-state index in [2.05, 4.69) is 0 Å². The molecule has 4 rings (SSSR count). The number of carbonyl (C=O) groups is 2. The zero-order chi connectivity index (χ0) is 28.0. The average Bonchev–Trinajstić information content (AvgIpc) is 2.93. The molecule has 0 N–H and O–H groups in total. The summed E-state index contributed by atoms with van der Waals surface area (Å²) in [5.41, 5.74) is 1.44. The molecule has 0 radical (unpaired) electrons. The second-order valence-corrected chi connectivity index (χ2v) is 9.54. The van der Waals surface area contributed by atoms with Gasteiger partial charge < -0.3 is 19.3 Å². The lowest BCUT2D eigenvalue weighted by atomic mass is 9.99. The van der Waals surface area contributed by atoms with Gasteiger partial charge in [0.25, 0.3) is 0 Å². The first-order chi connectivity index (χ1) is 18.7. The van der Waals surface area contributed by atoms with Crippen molar-refractivity contribution in [1.82, 2.24) is 9.80 Å². The number of carbonyl (C=O) groups excluding carboxylic acids is 2. The number of nitrogens with zero attached hydrogens (tertiary/aromatic N) is 2. The van der Waals surface area contributed by atoms with Gasteiger partial charge in [-0.25, -0.2) is 0 Å². The van der Waals surface area contributed by atoms with Crippen LogP contribution < -0.4 is 9.47 Å². The Hall–Kier alpha value is -4.01. The summed E-state index contributed by atoms with van der Waals surface area (Å²) in [4.78, 5) is 29.7. The Bertz CT molecular complexity index is 1300. The van der Waals surface area contributed by atoms with Crippen LogP contribution in [0.3, 0.4) is 0 Å². The second kappa shape index (κ2) is 12.2. The summed E-state index contributed by atoms with van der Waals surface area (Å²) in [5.74, 6) is 0.551. The van der Waals surface area contributed by atoms with Crippen LogP contribution in [0.15, 0.2) is 72.8 Å². The van der Waals surface area contributed by atoms with Crippen LogP contribution >= 0.6 is 0 Å². The Labute approximate surface area is 225 Å². The Kier molecular flexibility index (Phi) is 8.79. The third-order valence-corrected chi connectivity index (χ3v) is 6.89. The predicted octanol–water partition coefficient (Wildman–Crippen LogP) is 5.14. The van der Waals surface area contributed by atoms with Gasteiger partial charge in [-0.2, -0.15) is 13.2 Å². The van der Waals surface area contributed by atoms with Crippen LogP contribution in [-0.2, 0) is 35.2 Å². The van der Waals surface area contributed by atoms with Crippen molar-refractivity contribution in [3.63, 3.8) is 0 Å². The number of ether oxygens (including phenoxy) is 2. The largest absolute Gasteiger partial charge is 0.493 e. The van der Waals surface area contributed by atoms with Gasteiger partial charge in [0.05, 0.1) is 38.8 Å². The molecule has 2 amide bonds. The van der Waals surface area contributed by atoms with Gasteiger partial charge in [0.15, 0.2) is 11.5 Å². The van der Waals surface area contributed by atoms with Gasteiger partial charge in [0.1, 0.15) is 0 Å². The second-order valence-electron chi connectivity index (χ2n) is 9.54. The van der Waals surface area contributed by atoms with Crippen molar-refractivity contribution in [2.45, 2.75) is 38.0 Å². The molecule has 0 spiro atoms. The van der Waals surface area contributed by atoms with Crippen LogP contribution in [0, 0.1) is 0 Å². The van der Waals surface area contributed by atoms with E-state index in [-0.39, 0.29) is 37.4 Å². The molecule has 1 aliphatic rings. The van der Waals surface area contributed by atoms with Crippen molar-refractivity contribution in [3.8, 4) is 11.5 Å². The highest BCUT2D eigenvalue weighted by molar-refractivity contribution is 5.87. The quantitative estimate of drug-likeness (QED) is 0.377. The third-order valence-electron chi connectivity index (χ3n) is 6.89. The smallest absolute Gasteiger partial charge is 0.416 e. The van der Waals surface area contributed by atoms with Gasteiger partial charge in [-0.05, 0) is 53.8 Å². The zero-order valence-corrected chi connectivity index (χ0v) is 21.9. The number of hydrogen-bond acceptors (Lipinski definition) is 4. The molecule has 1 aliphatic heterocycles. The van der Waals surface area contributed by atoms with Crippen molar-refractivity contribution < 1.29 is 32.2 Å². The average molecular weight is 541 g/mol. The Balaban J connectivity index is 1.52. The summed E-state index contributed by atoms with van der Waals surface area (Å²) >= 11 is 0. The molecule has 3 aromatic carbocycles. The Morgan fingerprint density at radius 2 is 1.62 bits per heavy atom. The molecule has 1 fully saturated rings. The Morgan fingerprint density at radius 3 is 2.31 bits per heavy atom. The number of benzene rings is 3. The van der Waals surface area contributed by atoms with Crippen LogP contribution in [0.1, 0.15) is 28.7 Å². The molecule has 39 heavy (non-hydrogen) atoms. The maximum absolute atomic E-state index is 13.3. The van der Waals surface area contributed by atoms with Crippen LogP contribution in [0.25, 0.3) is 0 Å². The first-order valence-corrected chi connectivity index (χ1v) is 12.7. The number of halogens is 3. The highest BCUT2D eigenvalue weighted by Crippen LogP contribution is 2.31. The molecule has 0 bridgehead atoms. The molecule has 9 heteroatoms. The van der Waals surface area contributed by atoms with E-state index in [1.165, 1.54) is 25.2 Å². The fourth-order valence-corrected chi connectivity index (χ4v) is 4.83. The van der Waals surface area contributed by atoms with E-state index in [0.717, 1.165) is 23.3 Å². The normalized spacial score (nSPS) is 15.8. The van der Waals surface area contributed by atoms with Gasteiger partial charge in [-0.3, -0.25) is 9.59 Å². The lowest BCUT2D eigenvalue weighted by molar-refractivity contribution is -0.149. The number of hydrogen-bond donors (Lipinski definition) is 0. The van der Waals surface area contributed by atoms with Crippen molar-refractivity contribution in [1.29, 1.82) is 0 Å². The third kappa shape index (κ3) is 7.10. The van der Waals surface area contributed by atoms with E-state index in [4.69, 9.17) is 9.47 Å². The van der Waals surface area contributed by atoms with Gasteiger partial charge in [-0.15, -0.1) is 0 Å². The lowest BCUT2D eigenvalue weighted by Gasteiger charge is -2.41. The molecule has 1 atom stereocenters. The molecule has 0 saturated carbocycles. The number of piperazine rings is 1. The summed E-state index contributed by atoms with van der Waals surface area (Å²) in [7, 11) is 3.05. The minimum Gasteiger partial charge on any atom is -0.493 e. The molecule has 6 nitrogen and oxygen atoms in total. The molecule has 3 aromatic rings. The highest BCUT2D eigenvalue weighted by Gasteiger charge is 2.35. The minimum atomic E-state index is -4.47. The zero-order valence-electron chi connectivity index (χ0n) is 21.9. The molecule has 1 saturated heterocycles. The van der Waals surface area contributed by atoms with E-state index >= 15 is 0 Å². The van der Waals surface area contributed by atoms with E-state index < -0.39 is 11.7 Å². The first-order valence-electron chi connectivity index (χ1n) is 12.7. The summed E-state index contributed by atoms with van der Waals surface area (Å²) in [6.45, 7) is 0.205.